The summed E-state index contributed by atoms with van der Waals surface area (Å²) in [5.41, 5.74) is 2.96. The topological polar surface area (TPSA) is 73.4 Å². The SMILES string of the molecule is Cc1cc(NCCCN2CCCC2=O)nc(Nc2cccc(N(C)C)c2)n1. The van der Waals surface area contributed by atoms with Crippen LogP contribution < -0.4 is 15.5 Å². The van der Waals surface area contributed by atoms with Gasteiger partial charge in [0.05, 0.1) is 0 Å². The van der Waals surface area contributed by atoms with Crippen LogP contribution in [0.2, 0.25) is 0 Å². The van der Waals surface area contributed by atoms with Crippen LogP contribution in [0.3, 0.4) is 0 Å². The van der Waals surface area contributed by atoms with Crippen molar-refractivity contribution in [3.05, 3.63) is 36.0 Å². The maximum Gasteiger partial charge on any atom is 0.229 e. The minimum Gasteiger partial charge on any atom is -0.378 e. The molecular weight excluding hydrogens is 340 g/mol. The van der Waals surface area contributed by atoms with Crippen LogP contribution in [0, 0.1) is 6.92 Å². The van der Waals surface area contributed by atoms with Crippen molar-refractivity contribution in [2.45, 2.75) is 26.2 Å². The van der Waals surface area contributed by atoms with Gasteiger partial charge in [0.2, 0.25) is 11.9 Å². The first-order valence-corrected chi connectivity index (χ1v) is 9.43. The number of aryl methyl sites for hydroxylation is 1. The highest BCUT2D eigenvalue weighted by Gasteiger charge is 2.18. The third kappa shape index (κ3) is 5.32. The number of likely N-dealkylation sites (tertiary alicyclic amines) is 1. The zero-order chi connectivity index (χ0) is 19.2. The number of aromatic nitrogens is 2. The summed E-state index contributed by atoms with van der Waals surface area (Å²) in [4.78, 5) is 24.7. The van der Waals surface area contributed by atoms with Crippen LogP contribution >= 0.6 is 0 Å². The Morgan fingerprint density at radius 2 is 2.07 bits per heavy atom. The van der Waals surface area contributed by atoms with Gasteiger partial charge in [0.15, 0.2) is 0 Å². The van der Waals surface area contributed by atoms with Gasteiger partial charge in [0.25, 0.3) is 0 Å². The fourth-order valence-corrected chi connectivity index (χ4v) is 3.13. The Bertz CT molecular complexity index is 792. The summed E-state index contributed by atoms with van der Waals surface area (Å²) in [7, 11) is 4.03. The van der Waals surface area contributed by atoms with E-state index in [4.69, 9.17) is 0 Å². The number of carbonyl (C=O) groups excluding carboxylic acids is 1. The van der Waals surface area contributed by atoms with Gasteiger partial charge in [-0.3, -0.25) is 4.79 Å². The molecule has 0 spiro atoms. The van der Waals surface area contributed by atoms with Crippen molar-refractivity contribution in [3.8, 4) is 0 Å². The number of nitrogens with zero attached hydrogens (tertiary/aromatic N) is 4. The van der Waals surface area contributed by atoms with Gasteiger partial charge in [0, 0.05) is 63.3 Å². The molecule has 1 aliphatic rings. The Hall–Kier alpha value is -2.83. The van der Waals surface area contributed by atoms with Gasteiger partial charge in [-0.05, 0) is 38.0 Å². The monoisotopic (exact) mass is 368 g/mol. The molecule has 1 aliphatic heterocycles. The fraction of sp³-hybridized carbons (Fsp3) is 0.450. The maximum atomic E-state index is 11.6. The van der Waals surface area contributed by atoms with Gasteiger partial charge in [0.1, 0.15) is 5.82 Å². The molecule has 0 atom stereocenters. The number of benzene rings is 1. The van der Waals surface area contributed by atoms with Crippen LogP contribution in [0.5, 0.6) is 0 Å². The van der Waals surface area contributed by atoms with E-state index in [2.05, 4.69) is 37.6 Å². The third-order valence-corrected chi connectivity index (χ3v) is 4.56. The van der Waals surface area contributed by atoms with Crippen molar-refractivity contribution < 1.29 is 4.79 Å². The second-order valence-electron chi connectivity index (χ2n) is 7.05. The number of rotatable bonds is 8. The van der Waals surface area contributed by atoms with Crippen LogP contribution in [0.25, 0.3) is 0 Å². The van der Waals surface area contributed by atoms with E-state index in [0.717, 1.165) is 55.4 Å². The van der Waals surface area contributed by atoms with Crippen LogP contribution in [0.1, 0.15) is 25.0 Å². The number of amides is 1. The largest absolute Gasteiger partial charge is 0.378 e. The van der Waals surface area contributed by atoms with Gasteiger partial charge in [-0.15, -0.1) is 0 Å². The Morgan fingerprint density at radius 3 is 2.81 bits per heavy atom. The Balaban J connectivity index is 1.57. The third-order valence-electron chi connectivity index (χ3n) is 4.56. The number of nitrogens with one attached hydrogen (secondary N) is 2. The van der Waals surface area contributed by atoms with E-state index in [1.54, 1.807) is 0 Å². The lowest BCUT2D eigenvalue weighted by molar-refractivity contribution is -0.127. The molecule has 144 valence electrons. The molecule has 0 bridgehead atoms. The molecule has 7 nitrogen and oxygen atoms in total. The van der Waals surface area contributed by atoms with Gasteiger partial charge >= 0.3 is 0 Å². The summed E-state index contributed by atoms with van der Waals surface area (Å²) in [6, 6.07) is 10.1. The summed E-state index contributed by atoms with van der Waals surface area (Å²) < 4.78 is 0. The standard InChI is InChI=1S/C20H28N6O/c1-15-13-18(21-10-6-12-26-11-5-9-19(26)27)24-20(22-15)23-16-7-4-8-17(14-16)25(2)3/h4,7-8,13-14H,5-6,9-12H2,1-3H3,(H2,21,22,23,24). The lowest BCUT2D eigenvalue weighted by Gasteiger charge is -2.16. The maximum absolute atomic E-state index is 11.6. The zero-order valence-electron chi connectivity index (χ0n) is 16.3. The molecule has 27 heavy (non-hydrogen) atoms. The van der Waals surface area contributed by atoms with Gasteiger partial charge in [-0.25, -0.2) is 4.98 Å². The van der Waals surface area contributed by atoms with Crippen molar-refractivity contribution in [2.24, 2.45) is 0 Å². The molecule has 7 heteroatoms. The normalized spacial score (nSPS) is 13.7. The molecule has 1 aromatic carbocycles. The molecular formula is C20H28N6O. The number of hydrogen-bond acceptors (Lipinski definition) is 6. The molecule has 1 amide bonds. The average Bonchev–Trinajstić information content (AvgIpc) is 3.03. The van der Waals surface area contributed by atoms with Crippen LogP contribution in [-0.2, 0) is 4.79 Å². The summed E-state index contributed by atoms with van der Waals surface area (Å²) in [6.07, 6.45) is 2.59. The molecule has 1 saturated heterocycles. The first kappa shape index (κ1) is 18.9. The summed E-state index contributed by atoms with van der Waals surface area (Å²) >= 11 is 0. The highest BCUT2D eigenvalue weighted by Crippen LogP contribution is 2.21. The van der Waals surface area contributed by atoms with E-state index in [0.29, 0.717) is 12.4 Å². The molecule has 2 aromatic rings. The lowest BCUT2D eigenvalue weighted by Crippen LogP contribution is -2.27. The quantitative estimate of drug-likeness (QED) is 0.698. The minimum atomic E-state index is 0.277. The summed E-state index contributed by atoms with van der Waals surface area (Å²) in [5, 5.41) is 6.62. The van der Waals surface area contributed by atoms with Crippen LogP contribution in [-0.4, -0.2) is 54.5 Å². The van der Waals surface area contributed by atoms with Crippen molar-refractivity contribution in [2.75, 3.05) is 49.3 Å². The Kier molecular flexibility index (Phi) is 6.11. The molecule has 0 unspecified atom stereocenters. The number of carbonyl (C=O) groups is 1. The van der Waals surface area contributed by atoms with Crippen molar-refractivity contribution in [1.82, 2.24) is 14.9 Å². The van der Waals surface area contributed by atoms with Gasteiger partial charge in [-0.1, -0.05) is 6.07 Å². The first-order valence-electron chi connectivity index (χ1n) is 9.43. The predicted octanol–water partition coefficient (Wildman–Crippen LogP) is 3.02. The van der Waals surface area contributed by atoms with Crippen molar-refractivity contribution >= 4 is 29.0 Å². The molecule has 2 N–H and O–H groups in total. The van der Waals surface area contributed by atoms with E-state index in [-0.39, 0.29) is 5.91 Å². The summed E-state index contributed by atoms with van der Waals surface area (Å²) in [5.74, 6) is 1.64. The molecule has 0 saturated carbocycles. The Labute approximate surface area is 160 Å². The number of anilines is 4. The van der Waals surface area contributed by atoms with Gasteiger partial charge < -0.3 is 20.4 Å². The molecule has 3 rings (SSSR count). The minimum absolute atomic E-state index is 0.277. The second-order valence-corrected chi connectivity index (χ2v) is 7.05. The highest BCUT2D eigenvalue weighted by molar-refractivity contribution is 5.78. The molecule has 1 aromatic heterocycles. The van der Waals surface area contributed by atoms with E-state index >= 15 is 0 Å². The van der Waals surface area contributed by atoms with E-state index in [9.17, 15) is 4.79 Å². The molecule has 1 fully saturated rings. The second kappa shape index (κ2) is 8.70. The predicted molar refractivity (Wildman–Crippen MR) is 110 cm³/mol. The van der Waals surface area contributed by atoms with Crippen LogP contribution in [0.15, 0.2) is 30.3 Å². The van der Waals surface area contributed by atoms with E-state index in [1.807, 2.05) is 44.1 Å². The number of hydrogen-bond donors (Lipinski definition) is 2. The Morgan fingerprint density at radius 1 is 1.22 bits per heavy atom. The van der Waals surface area contributed by atoms with Crippen LogP contribution in [0.4, 0.5) is 23.1 Å². The fourth-order valence-electron chi connectivity index (χ4n) is 3.13. The first-order chi connectivity index (χ1) is 13.0. The molecule has 0 radical (unpaired) electrons. The van der Waals surface area contributed by atoms with E-state index in [1.165, 1.54) is 0 Å². The van der Waals surface area contributed by atoms with Gasteiger partial charge in [-0.2, -0.15) is 4.98 Å². The smallest absolute Gasteiger partial charge is 0.229 e. The zero-order valence-corrected chi connectivity index (χ0v) is 16.3. The van der Waals surface area contributed by atoms with E-state index < -0.39 is 0 Å². The molecule has 0 aliphatic carbocycles. The summed E-state index contributed by atoms with van der Waals surface area (Å²) in [6.45, 7) is 4.43. The molecule has 2 heterocycles. The lowest BCUT2D eigenvalue weighted by atomic mass is 10.2. The highest BCUT2D eigenvalue weighted by atomic mass is 16.2. The van der Waals surface area contributed by atoms with Crippen molar-refractivity contribution in [3.63, 3.8) is 0 Å². The van der Waals surface area contributed by atoms with Crippen molar-refractivity contribution in [1.29, 1.82) is 0 Å². The average molecular weight is 368 g/mol.